The maximum absolute atomic E-state index is 12.1. The largest absolute Gasteiger partial charge is 0.330 e. The molecule has 1 heterocycles. The summed E-state index contributed by atoms with van der Waals surface area (Å²) in [5, 5.41) is 0. The highest BCUT2D eigenvalue weighted by Gasteiger charge is 2.27. The monoisotopic (exact) mass is 316 g/mol. The minimum atomic E-state index is 0.0960. The fourth-order valence-electron chi connectivity index (χ4n) is 2.30. The van der Waals surface area contributed by atoms with Crippen LogP contribution in [0, 0.1) is 0 Å². The van der Waals surface area contributed by atoms with Crippen molar-refractivity contribution in [2.24, 2.45) is 0 Å². The van der Waals surface area contributed by atoms with Crippen molar-refractivity contribution in [1.29, 1.82) is 0 Å². The van der Waals surface area contributed by atoms with E-state index in [0.29, 0.717) is 6.54 Å². The lowest BCUT2D eigenvalue weighted by Crippen LogP contribution is -2.41. The quantitative estimate of drug-likeness (QED) is 0.803. The number of halogens is 1. The predicted octanol–water partition coefficient (Wildman–Crippen LogP) is 3.56. The first kappa shape index (κ1) is 12.2. The number of likely N-dealkylation sites (N-methyl/N-ethyl adjacent to an activating group) is 1. The van der Waals surface area contributed by atoms with Crippen LogP contribution in [-0.2, 0) is 4.79 Å². The van der Waals surface area contributed by atoms with Crippen molar-refractivity contribution in [2.45, 2.75) is 0 Å². The van der Waals surface area contributed by atoms with Gasteiger partial charge in [0.2, 0.25) is 5.91 Å². The maximum atomic E-state index is 12.1. The highest BCUT2D eigenvalue weighted by molar-refractivity contribution is 9.10. The molecule has 0 N–H and O–H groups in total. The van der Waals surface area contributed by atoms with Crippen LogP contribution in [-0.4, -0.2) is 19.5 Å². The van der Waals surface area contributed by atoms with Gasteiger partial charge in [0.1, 0.15) is 6.54 Å². The minimum absolute atomic E-state index is 0.0960. The van der Waals surface area contributed by atoms with Crippen molar-refractivity contribution in [3.05, 3.63) is 53.0 Å². The highest BCUT2D eigenvalue weighted by Crippen LogP contribution is 2.38. The van der Waals surface area contributed by atoms with Gasteiger partial charge >= 0.3 is 0 Å². The molecule has 2 aromatic carbocycles. The van der Waals surface area contributed by atoms with Crippen LogP contribution in [0.3, 0.4) is 0 Å². The summed E-state index contributed by atoms with van der Waals surface area (Å²) in [7, 11) is 1.82. The molecule has 0 atom stereocenters. The van der Waals surface area contributed by atoms with E-state index in [-0.39, 0.29) is 5.91 Å². The van der Waals surface area contributed by atoms with Gasteiger partial charge < -0.3 is 9.80 Å². The second-order valence-electron chi connectivity index (χ2n) is 4.51. The van der Waals surface area contributed by atoms with Gasteiger partial charge in [-0.2, -0.15) is 0 Å². The van der Waals surface area contributed by atoms with Gasteiger partial charge in [-0.25, -0.2) is 0 Å². The van der Waals surface area contributed by atoms with Crippen LogP contribution in [0.1, 0.15) is 0 Å². The van der Waals surface area contributed by atoms with Crippen LogP contribution in [0.2, 0.25) is 0 Å². The fourth-order valence-corrected chi connectivity index (χ4v) is 2.64. The number of hydrogen-bond donors (Lipinski definition) is 0. The summed E-state index contributed by atoms with van der Waals surface area (Å²) in [5.41, 5.74) is 3.01. The summed E-state index contributed by atoms with van der Waals surface area (Å²) >= 11 is 3.50. The van der Waals surface area contributed by atoms with Crippen molar-refractivity contribution in [1.82, 2.24) is 0 Å². The van der Waals surface area contributed by atoms with E-state index in [1.165, 1.54) is 0 Å². The zero-order valence-electron chi connectivity index (χ0n) is 10.5. The molecule has 1 amide bonds. The highest BCUT2D eigenvalue weighted by atomic mass is 79.9. The molecule has 0 aromatic heterocycles. The number of carbonyl (C=O) groups excluding carboxylic acids is 1. The van der Waals surface area contributed by atoms with E-state index in [2.05, 4.69) is 15.9 Å². The molecule has 0 saturated carbocycles. The lowest BCUT2D eigenvalue weighted by atomic mass is 10.1. The molecule has 1 aliphatic rings. The van der Waals surface area contributed by atoms with Gasteiger partial charge in [-0.15, -0.1) is 0 Å². The molecule has 0 fully saturated rings. The molecule has 0 spiro atoms. The molecular weight excluding hydrogens is 304 g/mol. The van der Waals surface area contributed by atoms with Gasteiger partial charge in [-0.1, -0.05) is 34.1 Å². The first-order valence-corrected chi connectivity index (χ1v) is 6.85. The van der Waals surface area contributed by atoms with Crippen molar-refractivity contribution in [2.75, 3.05) is 23.4 Å². The molecule has 0 aliphatic carbocycles. The molecule has 3 rings (SSSR count). The number of hydrogen-bond acceptors (Lipinski definition) is 2. The van der Waals surface area contributed by atoms with Gasteiger partial charge in [0, 0.05) is 17.2 Å². The summed E-state index contributed by atoms with van der Waals surface area (Å²) in [4.78, 5) is 15.9. The normalized spacial score (nSPS) is 14.5. The summed E-state index contributed by atoms with van der Waals surface area (Å²) in [5.74, 6) is 0.0960. The van der Waals surface area contributed by atoms with Crippen LogP contribution in [0.25, 0.3) is 0 Å². The van der Waals surface area contributed by atoms with Crippen LogP contribution >= 0.6 is 15.9 Å². The third kappa shape index (κ3) is 2.12. The SMILES string of the molecule is CN1C(=O)CN(c2ccccc2)c2cc(Br)ccc21. The molecule has 96 valence electrons. The van der Waals surface area contributed by atoms with E-state index in [0.717, 1.165) is 21.5 Å². The number of anilines is 3. The van der Waals surface area contributed by atoms with Gasteiger partial charge in [0.15, 0.2) is 0 Å². The predicted molar refractivity (Wildman–Crippen MR) is 81.0 cm³/mol. The number of para-hydroxylation sites is 1. The van der Waals surface area contributed by atoms with Gasteiger partial charge in [0.05, 0.1) is 11.4 Å². The average molecular weight is 317 g/mol. The summed E-state index contributed by atoms with van der Waals surface area (Å²) in [6.07, 6.45) is 0. The summed E-state index contributed by atoms with van der Waals surface area (Å²) in [6, 6.07) is 15.9. The van der Waals surface area contributed by atoms with Crippen molar-refractivity contribution in [3.8, 4) is 0 Å². The first-order chi connectivity index (χ1) is 9.16. The molecule has 1 aliphatic heterocycles. The van der Waals surface area contributed by atoms with Crippen LogP contribution in [0.5, 0.6) is 0 Å². The second-order valence-corrected chi connectivity index (χ2v) is 5.42. The Hall–Kier alpha value is -1.81. The molecule has 0 saturated heterocycles. The second kappa shape index (κ2) is 4.70. The molecule has 0 bridgehead atoms. The van der Waals surface area contributed by atoms with E-state index in [1.807, 2.05) is 60.5 Å². The molecule has 4 heteroatoms. The number of carbonyl (C=O) groups is 1. The molecule has 3 nitrogen and oxygen atoms in total. The zero-order valence-corrected chi connectivity index (χ0v) is 12.1. The van der Waals surface area contributed by atoms with Crippen molar-refractivity contribution in [3.63, 3.8) is 0 Å². The van der Waals surface area contributed by atoms with E-state index in [1.54, 1.807) is 4.90 Å². The lowest BCUT2D eigenvalue weighted by molar-refractivity contribution is -0.117. The Bertz CT molecular complexity index is 627. The Labute approximate surface area is 120 Å². The van der Waals surface area contributed by atoms with Crippen LogP contribution in [0.4, 0.5) is 17.1 Å². The smallest absolute Gasteiger partial charge is 0.246 e. The lowest BCUT2D eigenvalue weighted by Gasteiger charge is -2.35. The van der Waals surface area contributed by atoms with Crippen LogP contribution < -0.4 is 9.80 Å². The molecule has 0 unspecified atom stereocenters. The Morgan fingerprint density at radius 2 is 1.79 bits per heavy atom. The summed E-state index contributed by atoms with van der Waals surface area (Å²) < 4.78 is 1.01. The fraction of sp³-hybridized carbons (Fsp3) is 0.133. The third-order valence-corrected chi connectivity index (χ3v) is 3.82. The maximum Gasteiger partial charge on any atom is 0.246 e. The first-order valence-electron chi connectivity index (χ1n) is 6.05. The topological polar surface area (TPSA) is 23.6 Å². The number of rotatable bonds is 1. The molecule has 0 radical (unpaired) electrons. The van der Waals surface area contributed by atoms with Crippen LogP contribution in [0.15, 0.2) is 53.0 Å². The zero-order chi connectivity index (χ0) is 13.4. The Morgan fingerprint density at radius 1 is 1.05 bits per heavy atom. The molecule has 19 heavy (non-hydrogen) atoms. The summed E-state index contributed by atoms with van der Waals surface area (Å²) in [6.45, 7) is 0.365. The number of nitrogens with zero attached hydrogens (tertiary/aromatic N) is 2. The van der Waals surface area contributed by atoms with E-state index < -0.39 is 0 Å². The third-order valence-electron chi connectivity index (χ3n) is 3.32. The Balaban J connectivity index is 2.15. The Kier molecular flexibility index (Phi) is 3.03. The molecule has 2 aromatic rings. The number of benzene rings is 2. The average Bonchev–Trinajstić information content (AvgIpc) is 2.43. The van der Waals surface area contributed by atoms with Crippen molar-refractivity contribution >= 4 is 38.9 Å². The van der Waals surface area contributed by atoms with Gasteiger partial charge in [0.25, 0.3) is 0 Å². The number of fused-ring (bicyclic) bond motifs is 1. The van der Waals surface area contributed by atoms with Gasteiger partial charge in [-0.3, -0.25) is 4.79 Å². The Morgan fingerprint density at radius 3 is 2.53 bits per heavy atom. The van der Waals surface area contributed by atoms with Gasteiger partial charge in [-0.05, 0) is 30.3 Å². The molecular formula is C15H13BrN2O. The minimum Gasteiger partial charge on any atom is -0.330 e. The standard InChI is InChI=1S/C15H13BrN2O/c1-17-13-8-7-11(16)9-14(13)18(10-15(17)19)12-5-3-2-4-6-12/h2-9H,10H2,1H3. The van der Waals surface area contributed by atoms with E-state index >= 15 is 0 Å². The van der Waals surface area contributed by atoms with E-state index in [9.17, 15) is 4.79 Å². The van der Waals surface area contributed by atoms with E-state index in [4.69, 9.17) is 0 Å². The number of amides is 1. The van der Waals surface area contributed by atoms with Crippen molar-refractivity contribution < 1.29 is 4.79 Å².